The molecule has 0 aromatic rings. The molecule has 1 atom stereocenters. The molecule has 1 saturated heterocycles. The van der Waals surface area contributed by atoms with Gasteiger partial charge in [-0.2, -0.15) is 0 Å². The number of amides is 1. The van der Waals surface area contributed by atoms with Crippen molar-refractivity contribution < 1.29 is 4.79 Å². The van der Waals surface area contributed by atoms with E-state index in [9.17, 15) is 4.79 Å². The van der Waals surface area contributed by atoms with E-state index in [0.717, 1.165) is 51.2 Å². The van der Waals surface area contributed by atoms with E-state index in [0.29, 0.717) is 5.91 Å². The molecule has 1 aliphatic heterocycles. The van der Waals surface area contributed by atoms with Crippen LogP contribution in [-0.4, -0.2) is 30.4 Å². The Balaban J connectivity index is 2.13. The Morgan fingerprint density at radius 3 is 2.88 bits per heavy atom. The van der Waals surface area contributed by atoms with Gasteiger partial charge in [0, 0.05) is 19.5 Å². The van der Waals surface area contributed by atoms with E-state index in [-0.39, 0.29) is 0 Å². The number of likely N-dealkylation sites (tertiary alicyclic amines) is 1. The van der Waals surface area contributed by atoms with Crippen LogP contribution in [0.1, 0.15) is 51.9 Å². The fourth-order valence-corrected chi connectivity index (χ4v) is 2.46. The molecule has 1 heterocycles. The Morgan fingerprint density at radius 2 is 2.19 bits per heavy atom. The van der Waals surface area contributed by atoms with E-state index in [4.69, 9.17) is 5.73 Å². The SMILES string of the molecule is CCCC1CCN(C(=O)CCCCCN)C1. The van der Waals surface area contributed by atoms with Gasteiger partial charge in [-0.25, -0.2) is 0 Å². The third-order valence-electron chi connectivity index (χ3n) is 3.43. The first-order valence-corrected chi connectivity index (χ1v) is 6.75. The maximum Gasteiger partial charge on any atom is 0.222 e. The van der Waals surface area contributed by atoms with E-state index < -0.39 is 0 Å². The Kier molecular flexibility index (Phi) is 6.46. The van der Waals surface area contributed by atoms with Crippen LogP contribution in [-0.2, 0) is 4.79 Å². The molecule has 94 valence electrons. The maximum absolute atomic E-state index is 11.9. The van der Waals surface area contributed by atoms with Crippen LogP contribution in [0.2, 0.25) is 0 Å². The normalized spacial score (nSPS) is 20.4. The van der Waals surface area contributed by atoms with E-state index in [1.54, 1.807) is 0 Å². The van der Waals surface area contributed by atoms with Crippen molar-refractivity contribution in [3.63, 3.8) is 0 Å². The predicted molar refractivity (Wildman–Crippen MR) is 67.1 cm³/mol. The van der Waals surface area contributed by atoms with E-state index in [2.05, 4.69) is 11.8 Å². The summed E-state index contributed by atoms with van der Waals surface area (Å²) in [4.78, 5) is 13.9. The lowest BCUT2D eigenvalue weighted by molar-refractivity contribution is -0.130. The minimum Gasteiger partial charge on any atom is -0.342 e. The van der Waals surface area contributed by atoms with Crippen LogP contribution in [0.3, 0.4) is 0 Å². The van der Waals surface area contributed by atoms with Crippen molar-refractivity contribution in [2.75, 3.05) is 19.6 Å². The first kappa shape index (κ1) is 13.5. The standard InChI is InChI=1S/C13H26N2O/c1-2-6-12-8-10-15(11-12)13(16)7-4-3-5-9-14/h12H,2-11,14H2,1H3. The second kappa shape index (κ2) is 7.66. The molecule has 1 fully saturated rings. The number of unbranched alkanes of at least 4 members (excludes halogenated alkanes) is 2. The molecule has 0 aromatic carbocycles. The molecule has 0 saturated carbocycles. The third kappa shape index (κ3) is 4.52. The van der Waals surface area contributed by atoms with Crippen molar-refractivity contribution in [3.8, 4) is 0 Å². The van der Waals surface area contributed by atoms with Crippen molar-refractivity contribution in [3.05, 3.63) is 0 Å². The Hall–Kier alpha value is -0.570. The molecule has 0 radical (unpaired) electrons. The summed E-state index contributed by atoms with van der Waals surface area (Å²) >= 11 is 0. The predicted octanol–water partition coefficient (Wildman–Crippen LogP) is 2.15. The molecule has 3 heteroatoms. The van der Waals surface area contributed by atoms with Gasteiger partial charge in [0.05, 0.1) is 0 Å². The average Bonchev–Trinajstić information content (AvgIpc) is 2.73. The van der Waals surface area contributed by atoms with Crippen molar-refractivity contribution in [1.82, 2.24) is 4.90 Å². The second-order valence-corrected chi connectivity index (χ2v) is 4.88. The summed E-state index contributed by atoms with van der Waals surface area (Å²) in [6, 6.07) is 0. The zero-order valence-electron chi connectivity index (χ0n) is 10.6. The van der Waals surface area contributed by atoms with Gasteiger partial charge in [0.2, 0.25) is 5.91 Å². The summed E-state index contributed by atoms with van der Waals surface area (Å²) in [5, 5.41) is 0. The highest BCUT2D eigenvalue weighted by Crippen LogP contribution is 2.21. The molecule has 3 nitrogen and oxygen atoms in total. The molecular formula is C13H26N2O. The van der Waals surface area contributed by atoms with Gasteiger partial charge in [0.1, 0.15) is 0 Å². The van der Waals surface area contributed by atoms with Gasteiger partial charge in [-0.3, -0.25) is 4.79 Å². The van der Waals surface area contributed by atoms with Crippen LogP contribution in [0, 0.1) is 5.92 Å². The Morgan fingerprint density at radius 1 is 1.38 bits per heavy atom. The molecule has 2 N–H and O–H groups in total. The number of hydrogen-bond acceptors (Lipinski definition) is 2. The largest absolute Gasteiger partial charge is 0.342 e. The average molecular weight is 226 g/mol. The van der Waals surface area contributed by atoms with Gasteiger partial charge in [-0.15, -0.1) is 0 Å². The number of nitrogens with two attached hydrogens (primary N) is 1. The second-order valence-electron chi connectivity index (χ2n) is 4.88. The molecule has 1 unspecified atom stereocenters. The van der Waals surface area contributed by atoms with Crippen LogP contribution in [0.25, 0.3) is 0 Å². The molecule has 0 aromatic heterocycles. The Bertz CT molecular complexity index is 206. The van der Waals surface area contributed by atoms with Gasteiger partial charge in [-0.05, 0) is 38.1 Å². The number of hydrogen-bond donors (Lipinski definition) is 1. The zero-order valence-corrected chi connectivity index (χ0v) is 10.6. The molecular weight excluding hydrogens is 200 g/mol. The van der Waals surface area contributed by atoms with E-state index >= 15 is 0 Å². The molecule has 0 bridgehead atoms. The molecule has 0 spiro atoms. The summed E-state index contributed by atoms with van der Waals surface area (Å²) in [5.41, 5.74) is 5.42. The summed E-state index contributed by atoms with van der Waals surface area (Å²) in [6.07, 6.45) is 7.59. The minimum absolute atomic E-state index is 0.357. The van der Waals surface area contributed by atoms with Crippen molar-refractivity contribution in [2.24, 2.45) is 11.7 Å². The number of carbonyl (C=O) groups is 1. The fraction of sp³-hybridized carbons (Fsp3) is 0.923. The van der Waals surface area contributed by atoms with Crippen molar-refractivity contribution in [2.45, 2.75) is 51.9 Å². The van der Waals surface area contributed by atoms with E-state index in [1.165, 1.54) is 19.3 Å². The molecule has 0 aliphatic carbocycles. The highest BCUT2D eigenvalue weighted by molar-refractivity contribution is 5.76. The van der Waals surface area contributed by atoms with Crippen molar-refractivity contribution in [1.29, 1.82) is 0 Å². The summed E-state index contributed by atoms with van der Waals surface area (Å²) in [6.45, 7) is 4.96. The molecule has 16 heavy (non-hydrogen) atoms. The first-order valence-electron chi connectivity index (χ1n) is 6.75. The van der Waals surface area contributed by atoms with Gasteiger partial charge < -0.3 is 10.6 Å². The fourth-order valence-electron chi connectivity index (χ4n) is 2.46. The summed E-state index contributed by atoms with van der Waals surface area (Å²) < 4.78 is 0. The lowest BCUT2D eigenvalue weighted by Crippen LogP contribution is -2.28. The summed E-state index contributed by atoms with van der Waals surface area (Å²) in [7, 11) is 0. The summed E-state index contributed by atoms with van der Waals surface area (Å²) in [5.74, 6) is 1.12. The lowest BCUT2D eigenvalue weighted by atomic mass is 10.0. The van der Waals surface area contributed by atoms with Gasteiger partial charge in [0.25, 0.3) is 0 Å². The first-order chi connectivity index (χ1) is 7.77. The topological polar surface area (TPSA) is 46.3 Å². The van der Waals surface area contributed by atoms with Crippen LogP contribution in [0.15, 0.2) is 0 Å². The highest BCUT2D eigenvalue weighted by atomic mass is 16.2. The molecule has 1 rings (SSSR count). The molecule has 1 amide bonds. The highest BCUT2D eigenvalue weighted by Gasteiger charge is 2.24. The number of nitrogens with zero attached hydrogens (tertiary/aromatic N) is 1. The number of carbonyl (C=O) groups excluding carboxylic acids is 1. The van der Waals surface area contributed by atoms with Gasteiger partial charge in [-0.1, -0.05) is 19.8 Å². The smallest absolute Gasteiger partial charge is 0.222 e. The molecule has 1 aliphatic rings. The van der Waals surface area contributed by atoms with E-state index in [1.807, 2.05) is 0 Å². The maximum atomic E-state index is 11.9. The Labute approximate surface area is 99.4 Å². The van der Waals surface area contributed by atoms with Gasteiger partial charge >= 0.3 is 0 Å². The zero-order chi connectivity index (χ0) is 11.8. The van der Waals surface area contributed by atoms with Gasteiger partial charge in [0.15, 0.2) is 0 Å². The van der Waals surface area contributed by atoms with Crippen LogP contribution in [0.4, 0.5) is 0 Å². The monoisotopic (exact) mass is 226 g/mol. The van der Waals surface area contributed by atoms with Crippen LogP contribution < -0.4 is 5.73 Å². The van der Waals surface area contributed by atoms with Crippen LogP contribution in [0.5, 0.6) is 0 Å². The minimum atomic E-state index is 0.357. The van der Waals surface area contributed by atoms with Crippen LogP contribution >= 0.6 is 0 Å². The number of rotatable bonds is 7. The van der Waals surface area contributed by atoms with Crippen molar-refractivity contribution >= 4 is 5.91 Å². The third-order valence-corrected chi connectivity index (χ3v) is 3.43. The quantitative estimate of drug-likeness (QED) is 0.676. The lowest BCUT2D eigenvalue weighted by Gasteiger charge is -2.16.